The van der Waals surface area contributed by atoms with Crippen molar-refractivity contribution in [1.82, 2.24) is 0 Å². The molecule has 1 heteroatoms. The van der Waals surface area contributed by atoms with Crippen LogP contribution in [0.15, 0.2) is 12.3 Å². The average molecular weight is 141 g/mol. The third kappa shape index (κ3) is 3.54. The van der Waals surface area contributed by atoms with Crippen molar-refractivity contribution in [2.75, 3.05) is 0 Å². The van der Waals surface area contributed by atoms with Crippen LogP contribution >= 0.6 is 0 Å². The molecule has 1 nitrogen and oxygen atoms in total. The number of allylic oxidation sites excluding steroid dienone is 1. The van der Waals surface area contributed by atoms with Crippen LogP contribution < -0.4 is 5.73 Å². The second-order valence-electron chi connectivity index (χ2n) is 3.23. The lowest BCUT2D eigenvalue weighted by Crippen LogP contribution is -2.10. The standard InChI is InChI=1S/C9H19N/c1-5-7(2)6-8(3)9(4)10/h7-8H,4-6,10H2,1-3H3/t7-,8?/m1/s1. The van der Waals surface area contributed by atoms with E-state index >= 15 is 0 Å². The van der Waals surface area contributed by atoms with Gasteiger partial charge in [-0.05, 0) is 18.3 Å². The summed E-state index contributed by atoms with van der Waals surface area (Å²) < 4.78 is 0. The third-order valence-corrected chi connectivity index (χ3v) is 2.09. The van der Waals surface area contributed by atoms with Gasteiger partial charge in [0.25, 0.3) is 0 Å². The minimum atomic E-state index is 0.481. The molecule has 0 fully saturated rings. The summed E-state index contributed by atoms with van der Waals surface area (Å²) in [7, 11) is 0. The Kier molecular flexibility index (Phi) is 4.17. The predicted octanol–water partition coefficient (Wildman–Crippen LogP) is 2.53. The van der Waals surface area contributed by atoms with E-state index < -0.39 is 0 Å². The minimum absolute atomic E-state index is 0.481. The molecule has 0 aliphatic rings. The lowest BCUT2D eigenvalue weighted by molar-refractivity contribution is 0.441. The van der Waals surface area contributed by atoms with Crippen LogP contribution in [0.3, 0.4) is 0 Å². The fourth-order valence-electron chi connectivity index (χ4n) is 0.922. The Labute approximate surface area is 64.3 Å². The largest absolute Gasteiger partial charge is 0.402 e. The van der Waals surface area contributed by atoms with Crippen molar-refractivity contribution in [3.05, 3.63) is 12.3 Å². The third-order valence-electron chi connectivity index (χ3n) is 2.09. The molecule has 0 bridgehead atoms. The van der Waals surface area contributed by atoms with E-state index in [9.17, 15) is 0 Å². The molecule has 0 heterocycles. The molecule has 2 atom stereocenters. The summed E-state index contributed by atoms with van der Waals surface area (Å²) in [5.74, 6) is 1.25. The summed E-state index contributed by atoms with van der Waals surface area (Å²) in [6.07, 6.45) is 2.41. The lowest BCUT2D eigenvalue weighted by Gasteiger charge is -2.14. The van der Waals surface area contributed by atoms with Crippen LogP contribution in [0.1, 0.15) is 33.6 Å². The molecule has 10 heavy (non-hydrogen) atoms. The Hall–Kier alpha value is -0.460. The number of nitrogens with two attached hydrogens (primary N) is 1. The van der Waals surface area contributed by atoms with E-state index in [-0.39, 0.29) is 0 Å². The fraction of sp³-hybridized carbons (Fsp3) is 0.778. The van der Waals surface area contributed by atoms with Gasteiger partial charge in [-0.15, -0.1) is 0 Å². The Morgan fingerprint density at radius 2 is 2.00 bits per heavy atom. The van der Waals surface area contributed by atoms with E-state index in [1.165, 1.54) is 12.8 Å². The SMILES string of the molecule is C=C(N)C(C)C[C@H](C)CC. The monoisotopic (exact) mass is 141 g/mol. The molecule has 0 saturated heterocycles. The second-order valence-corrected chi connectivity index (χ2v) is 3.23. The zero-order valence-electron chi connectivity index (χ0n) is 7.35. The Morgan fingerprint density at radius 3 is 2.30 bits per heavy atom. The normalized spacial score (nSPS) is 16.3. The van der Waals surface area contributed by atoms with E-state index in [2.05, 4.69) is 27.4 Å². The van der Waals surface area contributed by atoms with E-state index in [1.54, 1.807) is 0 Å². The highest BCUT2D eigenvalue weighted by Gasteiger charge is 2.07. The molecule has 0 rings (SSSR count). The number of hydrogen-bond donors (Lipinski definition) is 1. The van der Waals surface area contributed by atoms with Gasteiger partial charge in [0.1, 0.15) is 0 Å². The molecule has 2 N–H and O–H groups in total. The zero-order chi connectivity index (χ0) is 8.15. The molecule has 0 aromatic carbocycles. The first-order valence-corrected chi connectivity index (χ1v) is 4.02. The van der Waals surface area contributed by atoms with Gasteiger partial charge in [0, 0.05) is 5.70 Å². The van der Waals surface area contributed by atoms with Gasteiger partial charge in [-0.25, -0.2) is 0 Å². The van der Waals surface area contributed by atoms with E-state index in [0.29, 0.717) is 5.92 Å². The average Bonchev–Trinajstić information content (AvgIpc) is 1.87. The van der Waals surface area contributed by atoms with Crippen molar-refractivity contribution in [2.24, 2.45) is 17.6 Å². The second kappa shape index (κ2) is 4.37. The van der Waals surface area contributed by atoms with Crippen molar-refractivity contribution in [3.63, 3.8) is 0 Å². The van der Waals surface area contributed by atoms with Gasteiger partial charge in [-0.3, -0.25) is 0 Å². The highest BCUT2D eigenvalue weighted by Crippen LogP contribution is 2.17. The summed E-state index contributed by atoms with van der Waals surface area (Å²) >= 11 is 0. The first-order valence-electron chi connectivity index (χ1n) is 4.02. The molecule has 0 saturated carbocycles. The molecule has 1 unspecified atom stereocenters. The topological polar surface area (TPSA) is 26.0 Å². The summed E-state index contributed by atoms with van der Waals surface area (Å²) in [5, 5.41) is 0. The van der Waals surface area contributed by atoms with Gasteiger partial charge in [-0.2, -0.15) is 0 Å². The molecule has 0 aliphatic carbocycles. The lowest BCUT2D eigenvalue weighted by atomic mass is 9.94. The molecule has 60 valence electrons. The highest BCUT2D eigenvalue weighted by molar-refractivity contribution is 4.92. The number of hydrogen-bond acceptors (Lipinski definition) is 1. The Balaban J connectivity index is 3.56. The van der Waals surface area contributed by atoms with Gasteiger partial charge in [0.2, 0.25) is 0 Å². The van der Waals surface area contributed by atoms with Crippen LogP contribution in [-0.2, 0) is 0 Å². The molecule has 0 aromatic heterocycles. The Bertz CT molecular complexity index is 107. The fourth-order valence-corrected chi connectivity index (χ4v) is 0.922. The Morgan fingerprint density at radius 1 is 1.50 bits per heavy atom. The maximum Gasteiger partial charge on any atom is 0.00363 e. The van der Waals surface area contributed by atoms with Crippen molar-refractivity contribution < 1.29 is 0 Å². The molecular formula is C9H19N. The van der Waals surface area contributed by atoms with Gasteiger partial charge >= 0.3 is 0 Å². The van der Waals surface area contributed by atoms with Crippen LogP contribution in [-0.4, -0.2) is 0 Å². The van der Waals surface area contributed by atoms with Gasteiger partial charge in [0.05, 0.1) is 0 Å². The molecule has 0 radical (unpaired) electrons. The van der Waals surface area contributed by atoms with E-state index in [0.717, 1.165) is 11.6 Å². The zero-order valence-corrected chi connectivity index (χ0v) is 7.35. The first-order chi connectivity index (χ1) is 4.57. The predicted molar refractivity (Wildman–Crippen MR) is 46.6 cm³/mol. The molecule has 0 spiro atoms. The van der Waals surface area contributed by atoms with Gasteiger partial charge in [-0.1, -0.05) is 33.8 Å². The highest BCUT2D eigenvalue weighted by atomic mass is 14.6. The summed E-state index contributed by atoms with van der Waals surface area (Å²) in [4.78, 5) is 0. The first kappa shape index (κ1) is 9.54. The summed E-state index contributed by atoms with van der Waals surface area (Å²) in [5.41, 5.74) is 6.36. The van der Waals surface area contributed by atoms with Crippen LogP contribution in [0.2, 0.25) is 0 Å². The maximum atomic E-state index is 5.54. The smallest absolute Gasteiger partial charge is 0.00363 e. The van der Waals surface area contributed by atoms with E-state index in [1.807, 2.05) is 0 Å². The van der Waals surface area contributed by atoms with Gasteiger partial charge < -0.3 is 5.73 Å². The molecular weight excluding hydrogens is 122 g/mol. The van der Waals surface area contributed by atoms with Crippen molar-refractivity contribution >= 4 is 0 Å². The van der Waals surface area contributed by atoms with Crippen LogP contribution in [0.4, 0.5) is 0 Å². The van der Waals surface area contributed by atoms with E-state index in [4.69, 9.17) is 5.73 Å². The van der Waals surface area contributed by atoms with Crippen LogP contribution in [0, 0.1) is 11.8 Å². The molecule has 0 aromatic rings. The van der Waals surface area contributed by atoms with Crippen LogP contribution in [0.25, 0.3) is 0 Å². The van der Waals surface area contributed by atoms with Gasteiger partial charge in [0.15, 0.2) is 0 Å². The number of rotatable bonds is 4. The summed E-state index contributed by atoms with van der Waals surface area (Å²) in [6, 6.07) is 0. The van der Waals surface area contributed by atoms with Crippen molar-refractivity contribution in [1.29, 1.82) is 0 Å². The summed E-state index contributed by atoms with van der Waals surface area (Å²) in [6.45, 7) is 10.3. The minimum Gasteiger partial charge on any atom is -0.402 e. The quantitative estimate of drug-likeness (QED) is 0.639. The van der Waals surface area contributed by atoms with Crippen molar-refractivity contribution in [3.8, 4) is 0 Å². The molecule has 0 amide bonds. The van der Waals surface area contributed by atoms with Crippen LogP contribution in [0.5, 0.6) is 0 Å². The maximum absolute atomic E-state index is 5.54. The molecule has 0 aliphatic heterocycles. The van der Waals surface area contributed by atoms with Crippen molar-refractivity contribution in [2.45, 2.75) is 33.6 Å².